The minimum absolute atomic E-state index is 0.0585. The maximum absolute atomic E-state index is 12.6. The number of fused-ring (bicyclic) bond motifs is 1. The Kier molecular flexibility index (Phi) is 3.21. The molecule has 1 N–H and O–H groups in total. The van der Waals surface area contributed by atoms with Crippen molar-refractivity contribution in [3.8, 4) is 0 Å². The highest BCUT2D eigenvalue weighted by atomic mass is 19.4. The Morgan fingerprint density at radius 2 is 2.00 bits per heavy atom. The summed E-state index contributed by atoms with van der Waals surface area (Å²) in [5.74, 6) is -2.39. The van der Waals surface area contributed by atoms with Gasteiger partial charge in [0.1, 0.15) is 0 Å². The number of hydrogen-bond donors (Lipinski definition) is 1. The second-order valence-corrected chi connectivity index (χ2v) is 4.29. The second-order valence-electron chi connectivity index (χ2n) is 4.29. The third kappa shape index (κ3) is 2.54. The lowest BCUT2D eigenvalue weighted by atomic mass is 10.1. The van der Waals surface area contributed by atoms with Crippen molar-refractivity contribution in [1.82, 2.24) is 0 Å². The van der Waals surface area contributed by atoms with E-state index in [1.165, 1.54) is 25.1 Å². The molecule has 1 aromatic carbocycles. The van der Waals surface area contributed by atoms with Crippen molar-refractivity contribution < 1.29 is 22.8 Å². The van der Waals surface area contributed by atoms with Crippen LogP contribution in [0.4, 0.5) is 24.5 Å². The number of carbonyl (C=O) groups excluding carboxylic acids is 2. The number of amides is 2. The SMILES string of the molecule is CC1CC(=O)Nc2ccccc2N1C(=O)C(F)(F)F. The van der Waals surface area contributed by atoms with Crippen LogP contribution in [0.3, 0.4) is 0 Å². The minimum atomic E-state index is -4.98. The van der Waals surface area contributed by atoms with Crippen molar-refractivity contribution in [2.45, 2.75) is 25.6 Å². The van der Waals surface area contributed by atoms with Gasteiger partial charge in [-0.1, -0.05) is 12.1 Å². The number of hydrogen-bond acceptors (Lipinski definition) is 2. The van der Waals surface area contributed by atoms with Gasteiger partial charge < -0.3 is 5.32 Å². The van der Waals surface area contributed by atoms with E-state index in [9.17, 15) is 22.8 Å². The molecule has 102 valence electrons. The second kappa shape index (κ2) is 4.56. The van der Waals surface area contributed by atoms with Crippen molar-refractivity contribution in [1.29, 1.82) is 0 Å². The molecule has 1 aromatic rings. The fourth-order valence-corrected chi connectivity index (χ4v) is 2.03. The monoisotopic (exact) mass is 272 g/mol. The number of anilines is 2. The quantitative estimate of drug-likeness (QED) is 0.788. The van der Waals surface area contributed by atoms with E-state index in [0.717, 1.165) is 0 Å². The van der Waals surface area contributed by atoms with Crippen LogP contribution in [0.5, 0.6) is 0 Å². The van der Waals surface area contributed by atoms with Gasteiger partial charge in [-0.25, -0.2) is 0 Å². The normalized spacial score (nSPS) is 19.5. The number of carbonyl (C=O) groups is 2. The molecule has 4 nitrogen and oxygen atoms in total. The highest BCUT2D eigenvalue weighted by Gasteiger charge is 2.46. The fraction of sp³-hybridized carbons (Fsp3) is 0.333. The summed E-state index contributed by atoms with van der Waals surface area (Å²) >= 11 is 0. The Balaban J connectivity index is 2.52. The number of benzene rings is 1. The predicted octanol–water partition coefficient (Wildman–Crippen LogP) is 2.31. The number of nitrogens with zero attached hydrogens (tertiary/aromatic N) is 1. The number of rotatable bonds is 0. The van der Waals surface area contributed by atoms with E-state index in [1.54, 1.807) is 6.07 Å². The lowest BCUT2D eigenvalue weighted by molar-refractivity contribution is -0.170. The molecule has 0 saturated carbocycles. The molecule has 0 saturated heterocycles. The maximum Gasteiger partial charge on any atom is 0.471 e. The van der Waals surface area contributed by atoms with Crippen LogP contribution in [0.2, 0.25) is 0 Å². The molecule has 19 heavy (non-hydrogen) atoms. The van der Waals surface area contributed by atoms with Gasteiger partial charge in [0.15, 0.2) is 0 Å². The Hall–Kier alpha value is -2.05. The van der Waals surface area contributed by atoms with E-state index in [0.29, 0.717) is 4.90 Å². The topological polar surface area (TPSA) is 49.4 Å². The van der Waals surface area contributed by atoms with Crippen molar-refractivity contribution in [3.05, 3.63) is 24.3 Å². The van der Waals surface area contributed by atoms with Gasteiger partial charge in [0.05, 0.1) is 11.4 Å². The Morgan fingerprint density at radius 3 is 2.63 bits per heavy atom. The van der Waals surface area contributed by atoms with Crippen LogP contribution < -0.4 is 10.2 Å². The molecule has 1 heterocycles. The van der Waals surface area contributed by atoms with Gasteiger partial charge in [0, 0.05) is 12.5 Å². The minimum Gasteiger partial charge on any atom is -0.324 e. The van der Waals surface area contributed by atoms with Gasteiger partial charge in [-0.15, -0.1) is 0 Å². The first-order valence-electron chi connectivity index (χ1n) is 5.60. The van der Waals surface area contributed by atoms with Crippen LogP contribution >= 0.6 is 0 Å². The van der Waals surface area contributed by atoms with E-state index in [-0.39, 0.29) is 17.8 Å². The smallest absolute Gasteiger partial charge is 0.324 e. The molecule has 7 heteroatoms. The summed E-state index contributed by atoms with van der Waals surface area (Å²) in [5, 5.41) is 2.49. The van der Waals surface area contributed by atoms with Gasteiger partial charge in [-0.2, -0.15) is 13.2 Å². The number of halogens is 3. The van der Waals surface area contributed by atoms with Crippen molar-refractivity contribution in [2.24, 2.45) is 0 Å². The molecule has 2 rings (SSSR count). The summed E-state index contributed by atoms with van der Waals surface area (Å²) in [6, 6.07) is 5.06. The first-order chi connectivity index (χ1) is 8.80. The number of alkyl halides is 3. The molecular weight excluding hydrogens is 261 g/mol. The van der Waals surface area contributed by atoms with Crippen molar-refractivity contribution in [2.75, 3.05) is 10.2 Å². The first kappa shape index (κ1) is 13.4. The third-order valence-corrected chi connectivity index (χ3v) is 2.82. The number of para-hydroxylation sites is 2. The van der Waals surface area contributed by atoms with E-state index in [2.05, 4.69) is 5.32 Å². The van der Waals surface area contributed by atoms with Gasteiger partial charge in [0.25, 0.3) is 0 Å². The Bertz CT molecular complexity index is 528. The van der Waals surface area contributed by atoms with Gasteiger partial charge in [0.2, 0.25) is 5.91 Å². The van der Waals surface area contributed by atoms with Crippen LogP contribution in [0.25, 0.3) is 0 Å². The summed E-state index contributed by atoms with van der Waals surface area (Å²) in [5.41, 5.74) is 0.262. The average molecular weight is 272 g/mol. The summed E-state index contributed by atoms with van der Waals surface area (Å²) in [6.07, 6.45) is -5.16. The van der Waals surface area contributed by atoms with E-state index in [1.807, 2.05) is 0 Å². The van der Waals surface area contributed by atoms with E-state index < -0.39 is 24.0 Å². The zero-order valence-corrected chi connectivity index (χ0v) is 9.99. The molecule has 1 unspecified atom stereocenters. The lowest BCUT2D eigenvalue weighted by Crippen LogP contribution is -2.46. The summed E-state index contributed by atoms with van der Waals surface area (Å²) < 4.78 is 37.9. The molecule has 1 aliphatic rings. The zero-order chi connectivity index (χ0) is 14.2. The van der Waals surface area contributed by atoms with Gasteiger partial charge >= 0.3 is 12.1 Å². The number of nitrogens with one attached hydrogen (secondary N) is 1. The molecule has 0 spiro atoms. The molecule has 0 aliphatic carbocycles. The average Bonchev–Trinajstić information content (AvgIpc) is 2.41. The fourth-order valence-electron chi connectivity index (χ4n) is 2.03. The molecule has 1 aliphatic heterocycles. The highest BCUT2D eigenvalue weighted by molar-refractivity contribution is 6.06. The zero-order valence-electron chi connectivity index (χ0n) is 9.99. The molecule has 0 aromatic heterocycles. The third-order valence-electron chi connectivity index (χ3n) is 2.82. The van der Waals surface area contributed by atoms with Crippen LogP contribution in [-0.2, 0) is 9.59 Å². The predicted molar refractivity (Wildman–Crippen MR) is 62.7 cm³/mol. The largest absolute Gasteiger partial charge is 0.471 e. The Labute approximate surface area is 107 Å². The highest BCUT2D eigenvalue weighted by Crippen LogP contribution is 2.34. The molecular formula is C12H11F3N2O2. The molecule has 1 atom stereocenters. The van der Waals surface area contributed by atoms with Crippen LogP contribution in [0.15, 0.2) is 24.3 Å². The molecule has 2 amide bonds. The van der Waals surface area contributed by atoms with Crippen molar-refractivity contribution >= 4 is 23.2 Å². The summed E-state index contributed by atoms with van der Waals surface area (Å²) in [4.78, 5) is 23.7. The molecule has 0 radical (unpaired) electrons. The Morgan fingerprint density at radius 1 is 1.37 bits per heavy atom. The van der Waals surface area contributed by atoms with Crippen LogP contribution in [-0.4, -0.2) is 24.0 Å². The van der Waals surface area contributed by atoms with E-state index >= 15 is 0 Å². The van der Waals surface area contributed by atoms with E-state index in [4.69, 9.17) is 0 Å². The van der Waals surface area contributed by atoms with Crippen molar-refractivity contribution in [3.63, 3.8) is 0 Å². The summed E-state index contributed by atoms with van der Waals surface area (Å²) in [6.45, 7) is 1.41. The van der Waals surface area contributed by atoms with Crippen LogP contribution in [0, 0.1) is 0 Å². The summed E-state index contributed by atoms with van der Waals surface area (Å²) in [7, 11) is 0. The van der Waals surface area contributed by atoms with Gasteiger partial charge in [-0.05, 0) is 19.1 Å². The van der Waals surface area contributed by atoms with Crippen LogP contribution in [0.1, 0.15) is 13.3 Å². The maximum atomic E-state index is 12.6. The van der Waals surface area contributed by atoms with Gasteiger partial charge in [-0.3, -0.25) is 14.5 Å². The lowest BCUT2D eigenvalue weighted by Gasteiger charge is -2.28. The first-order valence-corrected chi connectivity index (χ1v) is 5.60. The standard InChI is InChI=1S/C12H11F3N2O2/c1-7-6-10(18)16-8-4-2-3-5-9(8)17(7)11(19)12(13,14)15/h2-5,7H,6H2,1H3,(H,16,18). The molecule has 0 bridgehead atoms. The molecule has 0 fully saturated rings.